The van der Waals surface area contributed by atoms with E-state index < -0.39 is 11.6 Å². The highest BCUT2D eigenvalue weighted by Gasteiger charge is 2.62. The van der Waals surface area contributed by atoms with E-state index in [1.54, 1.807) is 6.08 Å². The number of aliphatic hydroxyl groups is 1. The third-order valence-corrected chi connectivity index (χ3v) is 8.69. The van der Waals surface area contributed by atoms with Crippen molar-refractivity contribution in [2.24, 2.45) is 33.8 Å². The predicted molar refractivity (Wildman–Crippen MR) is 92.3 cm³/mol. The maximum absolute atomic E-state index is 12.1. The van der Waals surface area contributed by atoms with Gasteiger partial charge in [0.2, 0.25) is 0 Å². The minimum atomic E-state index is -0.697. The maximum Gasteiger partial charge on any atom is 0.183 e. The molecule has 0 aromatic carbocycles. The minimum absolute atomic E-state index is 0.0124. The Labute approximate surface area is 144 Å². The largest absolute Gasteiger partial charge is 0.390 e. The molecule has 4 aliphatic carbocycles. The number of carbonyl (C=O) groups excluding carboxylic acids is 1. The molecular weight excluding hydrogens is 302 g/mol. The van der Waals surface area contributed by atoms with Crippen molar-refractivity contribution in [3.05, 3.63) is 16.6 Å². The van der Waals surface area contributed by atoms with Gasteiger partial charge in [0.15, 0.2) is 11.8 Å². The van der Waals surface area contributed by atoms with Crippen LogP contribution in [0.25, 0.3) is 0 Å². The summed E-state index contributed by atoms with van der Waals surface area (Å²) in [5.41, 5.74) is 0.640. The van der Waals surface area contributed by atoms with Gasteiger partial charge in [-0.3, -0.25) is 4.79 Å². The van der Waals surface area contributed by atoms with E-state index in [0.29, 0.717) is 24.2 Å². The fourth-order valence-electron chi connectivity index (χ4n) is 6.95. The Morgan fingerprint density at radius 2 is 1.83 bits per heavy atom. The molecule has 2 unspecified atom stereocenters. The van der Waals surface area contributed by atoms with Crippen molar-refractivity contribution in [1.82, 2.24) is 0 Å². The fraction of sp³-hybridized carbons (Fsp3) is 0.850. The van der Waals surface area contributed by atoms with E-state index in [9.17, 15) is 14.8 Å². The van der Waals surface area contributed by atoms with E-state index in [1.165, 1.54) is 5.57 Å². The van der Waals surface area contributed by atoms with Gasteiger partial charge < -0.3 is 5.11 Å². The van der Waals surface area contributed by atoms with Crippen molar-refractivity contribution in [1.29, 1.82) is 0 Å². The van der Waals surface area contributed by atoms with Crippen LogP contribution in [0.15, 0.2) is 16.8 Å². The van der Waals surface area contributed by atoms with Gasteiger partial charge in [-0.05, 0) is 86.5 Å². The van der Waals surface area contributed by atoms with Crippen molar-refractivity contribution in [2.45, 2.75) is 77.4 Å². The lowest BCUT2D eigenvalue weighted by atomic mass is 9.46. The van der Waals surface area contributed by atoms with Crippen LogP contribution < -0.4 is 0 Å². The van der Waals surface area contributed by atoms with E-state index >= 15 is 0 Å². The van der Waals surface area contributed by atoms with Crippen LogP contribution in [-0.2, 0) is 4.79 Å². The molecule has 4 aliphatic rings. The topological polar surface area (TPSA) is 66.7 Å². The van der Waals surface area contributed by atoms with Crippen LogP contribution in [0.1, 0.15) is 65.7 Å². The molecule has 24 heavy (non-hydrogen) atoms. The molecule has 3 fully saturated rings. The predicted octanol–water partition coefficient (Wildman–Crippen LogP) is 4.01. The molecule has 4 heteroatoms. The van der Waals surface area contributed by atoms with E-state index in [-0.39, 0.29) is 16.6 Å². The summed E-state index contributed by atoms with van der Waals surface area (Å²) in [6, 6.07) is -0.697. The molecule has 0 radical (unpaired) electrons. The summed E-state index contributed by atoms with van der Waals surface area (Å²) in [6.45, 7) is 6.57. The summed E-state index contributed by atoms with van der Waals surface area (Å²) in [7, 11) is 0. The summed E-state index contributed by atoms with van der Waals surface area (Å²) >= 11 is 0. The first-order valence-corrected chi connectivity index (χ1v) is 9.53. The van der Waals surface area contributed by atoms with Crippen LogP contribution in [0.4, 0.5) is 0 Å². The molecule has 4 rings (SSSR count). The van der Waals surface area contributed by atoms with Crippen molar-refractivity contribution < 1.29 is 9.90 Å². The average molecular weight is 331 g/mol. The molecule has 0 aromatic heterocycles. The van der Waals surface area contributed by atoms with Crippen LogP contribution in [-0.4, -0.2) is 22.5 Å². The zero-order chi connectivity index (χ0) is 17.3. The normalized spacial score (nSPS) is 53.7. The number of nitrogens with zero attached hydrogens (tertiary/aromatic N) is 1. The van der Waals surface area contributed by atoms with Gasteiger partial charge in [-0.2, -0.15) is 4.91 Å². The first-order chi connectivity index (χ1) is 11.2. The summed E-state index contributed by atoms with van der Waals surface area (Å²) in [5, 5.41) is 14.1. The number of nitroso groups, excluding NO2 is 1. The number of hydrogen-bond acceptors (Lipinski definition) is 4. The third kappa shape index (κ3) is 1.92. The van der Waals surface area contributed by atoms with E-state index in [0.717, 1.165) is 38.5 Å². The van der Waals surface area contributed by atoms with Crippen molar-refractivity contribution in [3.8, 4) is 0 Å². The van der Waals surface area contributed by atoms with Crippen LogP contribution in [0.2, 0.25) is 0 Å². The lowest BCUT2D eigenvalue weighted by Gasteiger charge is -2.59. The van der Waals surface area contributed by atoms with E-state index in [2.05, 4.69) is 19.0 Å². The van der Waals surface area contributed by atoms with E-state index in [4.69, 9.17) is 0 Å². The van der Waals surface area contributed by atoms with Gasteiger partial charge in [0.05, 0.1) is 5.60 Å². The molecule has 0 heterocycles. The molecule has 0 spiro atoms. The van der Waals surface area contributed by atoms with Gasteiger partial charge in [-0.1, -0.05) is 24.6 Å². The Bertz CT molecular complexity index is 624. The van der Waals surface area contributed by atoms with Crippen LogP contribution in [0.5, 0.6) is 0 Å². The van der Waals surface area contributed by atoms with Gasteiger partial charge in [0.1, 0.15) is 0 Å². The highest BCUT2D eigenvalue weighted by atomic mass is 16.3. The molecule has 4 nitrogen and oxygen atoms in total. The molecule has 0 amide bonds. The summed E-state index contributed by atoms with van der Waals surface area (Å²) in [5.74, 6) is 1.58. The Morgan fingerprint density at radius 3 is 2.54 bits per heavy atom. The Hall–Kier alpha value is -1.03. The lowest BCUT2D eigenvalue weighted by Crippen LogP contribution is -2.54. The van der Waals surface area contributed by atoms with Gasteiger partial charge in [-0.25, -0.2) is 0 Å². The van der Waals surface area contributed by atoms with Crippen LogP contribution >= 0.6 is 0 Å². The number of allylic oxidation sites excluding steroid dienone is 1. The average Bonchev–Trinajstić information content (AvgIpc) is 2.77. The molecule has 1 N–H and O–H groups in total. The van der Waals surface area contributed by atoms with Crippen molar-refractivity contribution in [2.75, 3.05) is 0 Å². The fourth-order valence-corrected chi connectivity index (χ4v) is 6.95. The number of rotatable bonds is 1. The smallest absolute Gasteiger partial charge is 0.183 e. The molecule has 132 valence electrons. The maximum atomic E-state index is 12.1. The quantitative estimate of drug-likeness (QED) is 0.738. The molecule has 0 aliphatic heterocycles. The highest BCUT2D eigenvalue weighted by Crippen LogP contribution is 2.67. The second-order valence-corrected chi connectivity index (χ2v) is 9.50. The number of carbonyl (C=O) groups is 1. The SMILES string of the molecule is CC1(O)CC[C@H]2[C@@H]3CCC4=CC(=O)C(N=O)C[C@]4(C)[C@@H]3CC[C@@]21C. The van der Waals surface area contributed by atoms with Crippen LogP contribution in [0.3, 0.4) is 0 Å². The van der Waals surface area contributed by atoms with Crippen molar-refractivity contribution >= 4 is 5.78 Å². The zero-order valence-corrected chi connectivity index (χ0v) is 15.0. The lowest BCUT2D eigenvalue weighted by molar-refractivity contribution is -0.125. The van der Waals surface area contributed by atoms with Gasteiger partial charge in [0.25, 0.3) is 0 Å². The number of hydrogen-bond donors (Lipinski definition) is 1. The number of fused-ring (bicyclic) bond motifs is 5. The van der Waals surface area contributed by atoms with Gasteiger partial charge in [-0.15, -0.1) is 0 Å². The standard InChI is InChI=1S/C20H29NO3/c1-18-11-16(21-24)17(22)10-12(18)4-5-13-14(18)6-8-19(2)15(13)7-9-20(19,3)23/h10,13-16,23H,4-9,11H2,1-3H3/t13-,14-,15+,16?,18+,19+,20?/m1/s1. The van der Waals surface area contributed by atoms with E-state index in [1.807, 2.05) is 6.92 Å². The first kappa shape index (κ1) is 16.4. The molecular formula is C20H29NO3. The molecule has 3 saturated carbocycles. The Balaban J connectivity index is 1.70. The monoisotopic (exact) mass is 331 g/mol. The van der Waals surface area contributed by atoms with Gasteiger partial charge in [0, 0.05) is 0 Å². The molecule has 0 aromatic rings. The molecule has 0 saturated heterocycles. The summed E-state index contributed by atoms with van der Waals surface area (Å²) < 4.78 is 0. The Morgan fingerprint density at radius 1 is 1.12 bits per heavy atom. The van der Waals surface area contributed by atoms with Crippen molar-refractivity contribution in [3.63, 3.8) is 0 Å². The number of ketones is 1. The van der Waals surface area contributed by atoms with Gasteiger partial charge >= 0.3 is 0 Å². The summed E-state index contributed by atoms with van der Waals surface area (Å²) in [6.07, 6.45) is 8.54. The Kier molecular flexibility index (Phi) is 3.42. The second kappa shape index (κ2) is 5.00. The van der Waals surface area contributed by atoms with Crippen LogP contribution in [0, 0.1) is 33.5 Å². The minimum Gasteiger partial charge on any atom is -0.390 e. The second-order valence-electron chi connectivity index (χ2n) is 9.50. The highest BCUT2D eigenvalue weighted by molar-refractivity contribution is 5.96. The summed E-state index contributed by atoms with van der Waals surface area (Å²) in [4.78, 5) is 23.2. The molecule has 7 atom stereocenters. The third-order valence-electron chi connectivity index (χ3n) is 8.69. The first-order valence-electron chi connectivity index (χ1n) is 9.53. The molecule has 0 bridgehead atoms. The zero-order valence-electron chi connectivity index (χ0n) is 15.0.